The molecule has 0 fully saturated rings. The molecule has 1 amide bonds. The van der Waals surface area contributed by atoms with Crippen LogP contribution in [0, 0.1) is 6.92 Å². The monoisotopic (exact) mass is 260 g/mol. The van der Waals surface area contributed by atoms with Gasteiger partial charge in [-0.05, 0) is 24.6 Å². The summed E-state index contributed by atoms with van der Waals surface area (Å²) in [6.45, 7) is 2.50. The molecule has 1 aromatic heterocycles. The topological polar surface area (TPSA) is 42.0 Å². The van der Waals surface area contributed by atoms with E-state index in [0.29, 0.717) is 12.1 Å². The van der Waals surface area contributed by atoms with E-state index in [9.17, 15) is 4.79 Å². The number of benzene rings is 1. The fraction of sp³-hybridized carbons (Fsp3) is 0.143. The minimum atomic E-state index is -0.213. The van der Waals surface area contributed by atoms with Crippen molar-refractivity contribution in [2.75, 3.05) is 0 Å². The maximum atomic E-state index is 11.9. The predicted octanol–water partition coefficient (Wildman–Crippen LogP) is 2.97. The molecule has 0 saturated heterocycles. The number of amides is 1. The van der Waals surface area contributed by atoms with E-state index >= 15 is 0 Å². The van der Waals surface area contributed by atoms with Crippen LogP contribution in [0.15, 0.2) is 42.6 Å². The van der Waals surface area contributed by atoms with Gasteiger partial charge in [-0.15, -0.1) is 0 Å². The van der Waals surface area contributed by atoms with Crippen molar-refractivity contribution in [3.05, 3.63) is 64.4 Å². The summed E-state index contributed by atoms with van der Waals surface area (Å²) in [6, 6.07) is 11.3. The van der Waals surface area contributed by atoms with Crippen molar-refractivity contribution < 1.29 is 4.79 Å². The minimum absolute atomic E-state index is 0.213. The standard InChI is InChI=1S/C14H13ClN2O/c1-10-4-2-5-11(8-10)9-17-14(18)12-6-3-7-16-13(12)15/h2-8H,9H2,1H3,(H,17,18). The van der Waals surface area contributed by atoms with Crippen LogP contribution in [0.3, 0.4) is 0 Å². The molecule has 0 bridgehead atoms. The third-order valence-electron chi connectivity index (χ3n) is 2.54. The zero-order chi connectivity index (χ0) is 13.0. The van der Waals surface area contributed by atoms with Gasteiger partial charge >= 0.3 is 0 Å². The molecule has 92 valence electrons. The SMILES string of the molecule is Cc1cccc(CNC(=O)c2cccnc2Cl)c1. The smallest absolute Gasteiger partial charge is 0.254 e. The Morgan fingerprint density at radius 2 is 2.17 bits per heavy atom. The molecule has 0 saturated carbocycles. The minimum Gasteiger partial charge on any atom is -0.348 e. The van der Waals surface area contributed by atoms with Crippen molar-refractivity contribution >= 4 is 17.5 Å². The Hall–Kier alpha value is -1.87. The molecule has 0 aliphatic heterocycles. The van der Waals surface area contributed by atoms with Crippen molar-refractivity contribution in [1.82, 2.24) is 10.3 Å². The number of hydrogen-bond acceptors (Lipinski definition) is 2. The average molecular weight is 261 g/mol. The summed E-state index contributed by atoms with van der Waals surface area (Å²) in [5.74, 6) is -0.213. The van der Waals surface area contributed by atoms with E-state index in [4.69, 9.17) is 11.6 Å². The largest absolute Gasteiger partial charge is 0.348 e. The van der Waals surface area contributed by atoms with Crippen LogP contribution >= 0.6 is 11.6 Å². The molecule has 1 N–H and O–H groups in total. The number of aromatic nitrogens is 1. The van der Waals surface area contributed by atoms with Gasteiger partial charge in [-0.2, -0.15) is 0 Å². The second-order valence-corrected chi connectivity index (χ2v) is 4.37. The van der Waals surface area contributed by atoms with Gasteiger partial charge in [-0.3, -0.25) is 4.79 Å². The number of carbonyl (C=O) groups excluding carboxylic acids is 1. The van der Waals surface area contributed by atoms with Gasteiger partial charge in [0.25, 0.3) is 5.91 Å². The molecular weight excluding hydrogens is 248 g/mol. The van der Waals surface area contributed by atoms with E-state index in [1.54, 1.807) is 18.3 Å². The Bertz CT molecular complexity index is 569. The number of nitrogens with zero attached hydrogens (tertiary/aromatic N) is 1. The number of pyridine rings is 1. The van der Waals surface area contributed by atoms with Gasteiger partial charge in [0.1, 0.15) is 5.15 Å². The van der Waals surface area contributed by atoms with E-state index < -0.39 is 0 Å². The molecule has 1 heterocycles. The number of carbonyl (C=O) groups is 1. The lowest BCUT2D eigenvalue weighted by Gasteiger charge is -2.06. The first-order chi connectivity index (χ1) is 8.66. The Kier molecular flexibility index (Phi) is 3.95. The average Bonchev–Trinajstić information content (AvgIpc) is 2.37. The van der Waals surface area contributed by atoms with Gasteiger partial charge in [0.05, 0.1) is 5.56 Å². The predicted molar refractivity (Wildman–Crippen MR) is 71.6 cm³/mol. The lowest BCUT2D eigenvalue weighted by atomic mass is 10.1. The van der Waals surface area contributed by atoms with Crippen LogP contribution in [-0.4, -0.2) is 10.9 Å². The number of halogens is 1. The molecular formula is C14H13ClN2O. The van der Waals surface area contributed by atoms with E-state index in [2.05, 4.69) is 10.3 Å². The van der Waals surface area contributed by atoms with E-state index in [1.807, 2.05) is 31.2 Å². The first-order valence-electron chi connectivity index (χ1n) is 5.61. The van der Waals surface area contributed by atoms with Crippen LogP contribution in [0.4, 0.5) is 0 Å². The molecule has 3 nitrogen and oxygen atoms in total. The quantitative estimate of drug-likeness (QED) is 0.862. The van der Waals surface area contributed by atoms with Crippen molar-refractivity contribution in [2.45, 2.75) is 13.5 Å². The maximum absolute atomic E-state index is 11.9. The molecule has 0 aliphatic rings. The number of aryl methyl sites for hydroxylation is 1. The highest BCUT2D eigenvalue weighted by Crippen LogP contribution is 2.11. The molecule has 1 aromatic carbocycles. The van der Waals surface area contributed by atoms with Crippen molar-refractivity contribution in [1.29, 1.82) is 0 Å². The lowest BCUT2D eigenvalue weighted by Crippen LogP contribution is -2.23. The Labute approximate surface area is 111 Å². The van der Waals surface area contributed by atoms with E-state index in [1.165, 1.54) is 5.56 Å². The van der Waals surface area contributed by atoms with Crippen LogP contribution in [0.25, 0.3) is 0 Å². The van der Waals surface area contributed by atoms with Gasteiger partial charge in [0.15, 0.2) is 0 Å². The summed E-state index contributed by atoms with van der Waals surface area (Å²) in [5.41, 5.74) is 2.62. The van der Waals surface area contributed by atoms with Crippen LogP contribution in [-0.2, 0) is 6.54 Å². The van der Waals surface area contributed by atoms with Crippen LogP contribution < -0.4 is 5.32 Å². The van der Waals surface area contributed by atoms with Gasteiger partial charge in [-0.25, -0.2) is 4.98 Å². The second kappa shape index (κ2) is 5.65. The lowest BCUT2D eigenvalue weighted by molar-refractivity contribution is 0.0950. The summed E-state index contributed by atoms with van der Waals surface area (Å²) in [4.78, 5) is 15.8. The zero-order valence-electron chi connectivity index (χ0n) is 9.98. The van der Waals surface area contributed by atoms with E-state index in [-0.39, 0.29) is 11.1 Å². The summed E-state index contributed by atoms with van der Waals surface area (Å²) in [7, 11) is 0. The summed E-state index contributed by atoms with van der Waals surface area (Å²) in [5, 5.41) is 3.04. The first-order valence-corrected chi connectivity index (χ1v) is 5.99. The van der Waals surface area contributed by atoms with Gasteiger partial charge in [0.2, 0.25) is 0 Å². The third kappa shape index (κ3) is 3.08. The molecule has 0 radical (unpaired) electrons. The Morgan fingerprint density at radius 3 is 2.89 bits per heavy atom. The molecule has 2 aromatic rings. The van der Waals surface area contributed by atoms with Crippen LogP contribution in [0.5, 0.6) is 0 Å². The van der Waals surface area contributed by atoms with Crippen LogP contribution in [0.2, 0.25) is 5.15 Å². The van der Waals surface area contributed by atoms with Gasteiger partial charge < -0.3 is 5.32 Å². The van der Waals surface area contributed by atoms with Crippen LogP contribution in [0.1, 0.15) is 21.5 Å². The second-order valence-electron chi connectivity index (χ2n) is 4.01. The highest BCUT2D eigenvalue weighted by Gasteiger charge is 2.09. The molecule has 18 heavy (non-hydrogen) atoms. The molecule has 0 unspecified atom stereocenters. The van der Waals surface area contributed by atoms with Crippen molar-refractivity contribution in [3.63, 3.8) is 0 Å². The molecule has 4 heteroatoms. The Balaban J connectivity index is 2.03. The molecule has 2 rings (SSSR count). The number of nitrogens with one attached hydrogen (secondary N) is 1. The molecule has 0 spiro atoms. The highest BCUT2D eigenvalue weighted by atomic mass is 35.5. The summed E-state index contributed by atoms with van der Waals surface area (Å²) < 4.78 is 0. The van der Waals surface area contributed by atoms with E-state index in [0.717, 1.165) is 5.56 Å². The van der Waals surface area contributed by atoms with Gasteiger partial charge in [-0.1, -0.05) is 41.4 Å². The highest BCUT2D eigenvalue weighted by molar-refractivity contribution is 6.32. The maximum Gasteiger partial charge on any atom is 0.254 e. The third-order valence-corrected chi connectivity index (χ3v) is 2.84. The summed E-state index contributed by atoms with van der Waals surface area (Å²) >= 11 is 5.85. The number of hydrogen-bond donors (Lipinski definition) is 1. The fourth-order valence-corrected chi connectivity index (χ4v) is 1.86. The number of rotatable bonds is 3. The first kappa shape index (κ1) is 12.6. The zero-order valence-corrected chi connectivity index (χ0v) is 10.7. The fourth-order valence-electron chi connectivity index (χ4n) is 1.66. The Morgan fingerprint density at radius 1 is 1.33 bits per heavy atom. The van der Waals surface area contributed by atoms with Crippen molar-refractivity contribution in [3.8, 4) is 0 Å². The molecule has 0 atom stereocenters. The van der Waals surface area contributed by atoms with Gasteiger partial charge in [0, 0.05) is 12.7 Å². The van der Waals surface area contributed by atoms with Crippen molar-refractivity contribution in [2.24, 2.45) is 0 Å². The summed E-state index contributed by atoms with van der Waals surface area (Å²) in [6.07, 6.45) is 1.56. The molecule has 0 aliphatic carbocycles. The normalized spacial score (nSPS) is 10.1.